The lowest BCUT2D eigenvalue weighted by Crippen LogP contribution is -2.50. The maximum atomic E-state index is 12.1. The highest BCUT2D eigenvalue weighted by atomic mass is 32.2. The Bertz CT molecular complexity index is 499. The minimum Gasteiger partial charge on any atom is -0.339 e. The average molecular weight is 313 g/mol. The topological polar surface area (TPSA) is 110 Å². The zero-order chi connectivity index (χ0) is 15.2. The van der Waals surface area contributed by atoms with Crippen LogP contribution in [0.3, 0.4) is 0 Å². The summed E-state index contributed by atoms with van der Waals surface area (Å²) in [6.07, 6.45) is 0. The van der Waals surface area contributed by atoms with E-state index < -0.39 is 0 Å². The van der Waals surface area contributed by atoms with Crippen LogP contribution in [0.25, 0.3) is 0 Å². The smallest absolute Gasteiger partial charge is 0.233 e. The summed E-state index contributed by atoms with van der Waals surface area (Å²) in [7, 11) is 0. The third-order valence-corrected chi connectivity index (χ3v) is 4.18. The van der Waals surface area contributed by atoms with E-state index >= 15 is 0 Å². The van der Waals surface area contributed by atoms with Crippen LogP contribution in [0.1, 0.15) is 6.92 Å². The van der Waals surface area contributed by atoms with Crippen molar-refractivity contribution in [1.29, 1.82) is 0 Å². The van der Waals surface area contributed by atoms with Gasteiger partial charge in [0.2, 0.25) is 17.0 Å². The molecule has 10 heteroatoms. The normalized spacial score (nSPS) is 15.3. The van der Waals surface area contributed by atoms with E-state index in [1.807, 2.05) is 0 Å². The van der Waals surface area contributed by atoms with Crippen LogP contribution < -0.4 is 5.73 Å². The lowest BCUT2D eigenvalue weighted by atomic mass is 10.3. The fraction of sp³-hybridized carbons (Fsp3) is 0.727. The van der Waals surface area contributed by atoms with Gasteiger partial charge in [0.1, 0.15) is 0 Å². The number of piperazine rings is 1. The zero-order valence-electron chi connectivity index (χ0n) is 11.9. The van der Waals surface area contributed by atoms with Gasteiger partial charge in [0.25, 0.3) is 0 Å². The highest BCUT2D eigenvalue weighted by Crippen LogP contribution is 2.14. The molecule has 116 valence electrons. The number of nitrogens with two attached hydrogens (primary N) is 1. The molecule has 21 heavy (non-hydrogen) atoms. The number of tetrazole rings is 1. The predicted octanol–water partition coefficient (Wildman–Crippen LogP) is -1.59. The maximum Gasteiger partial charge on any atom is 0.233 e. The van der Waals surface area contributed by atoms with E-state index in [0.717, 1.165) is 0 Å². The molecule has 0 aliphatic carbocycles. The fourth-order valence-electron chi connectivity index (χ4n) is 2.05. The summed E-state index contributed by atoms with van der Waals surface area (Å²) in [4.78, 5) is 26.9. The minimum atomic E-state index is 0.0329. The maximum absolute atomic E-state index is 12.1. The summed E-state index contributed by atoms with van der Waals surface area (Å²) in [5.41, 5.74) is 5.47. The molecule has 1 fully saturated rings. The molecule has 9 nitrogen and oxygen atoms in total. The fourth-order valence-corrected chi connectivity index (χ4v) is 2.86. The van der Waals surface area contributed by atoms with Crippen LogP contribution in [0.5, 0.6) is 0 Å². The van der Waals surface area contributed by atoms with Crippen molar-refractivity contribution in [1.82, 2.24) is 30.0 Å². The van der Waals surface area contributed by atoms with Crippen molar-refractivity contribution in [3.05, 3.63) is 0 Å². The Balaban J connectivity index is 1.80. The zero-order valence-corrected chi connectivity index (χ0v) is 12.8. The van der Waals surface area contributed by atoms with E-state index in [9.17, 15) is 9.59 Å². The van der Waals surface area contributed by atoms with Gasteiger partial charge in [0, 0.05) is 39.6 Å². The molecule has 1 aromatic rings. The van der Waals surface area contributed by atoms with E-state index in [2.05, 4.69) is 15.5 Å². The first-order chi connectivity index (χ1) is 10.1. The number of carbonyl (C=O) groups is 2. The monoisotopic (exact) mass is 313 g/mol. The van der Waals surface area contributed by atoms with Crippen LogP contribution in [-0.4, -0.2) is 80.3 Å². The highest BCUT2D eigenvalue weighted by molar-refractivity contribution is 7.99. The first-order valence-electron chi connectivity index (χ1n) is 6.74. The Kier molecular flexibility index (Phi) is 5.51. The van der Waals surface area contributed by atoms with Gasteiger partial charge in [-0.3, -0.25) is 9.59 Å². The molecule has 2 N–H and O–H groups in total. The number of thioether (sulfide) groups is 1. The molecule has 0 spiro atoms. The Morgan fingerprint density at radius 2 is 1.90 bits per heavy atom. The number of aromatic nitrogens is 4. The van der Waals surface area contributed by atoms with E-state index in [1.165, 1.54) is 11.8 Å². The molecule has 2 amide bonds. The molecule has 1 aliphatic heterocycles. The molecule has 2 rings (SSSR count). The van der Waals surface area contributed by atoms with Crippen molar-refractivity contribution in [3.63, 3.8) is 0 Å². The van der Waals surface area contributed by atoms with Crippen molar-refractivity contribution in [2.24, 2.45) is 5.73 Å². The van der Waals surface area contributed by atoms with Gasteiger partial charge in [0.15, 0.2) is 0 Å². The largest absolute Gasteiger partial charge is 0.339 e. The number of rotatable bonds is 5. The lowest BCUT2D eigenvalue weighted by molar-refractivity contribution is -0.136. The third kappa shape index (κ3) is 4.14. The quantitative estimate of drug-likeness (QED) is 0.653. The molecule has 0 saturated carbocycles. The van der Waals surface area contributed by atoms with E-state index in [4.69, 9.17) is 5.73 Å². The van der Waals surface area contributed by atoms with Crippen LogP contribution in [0, 0.1) is 0 Å². The van der Waals surface area contributed by atoms with Crippen LogP contribution >= 0.6 is 11.8 Å². The lowest BCUT2D eigenvalue weighted by Gasteiger charge is -2.34. The van der Waals surface area contributed by atoms with Gasteiger partial charge in [-0.25, -0.2) is 4.68 Å². The van der Waals surface area contributed by atoms with Gasteiger partial charge >= 0.3 is 0 Å². The summed E-state index contributed by atoms with van der Waals surface area (Å²) in [5.74, 6) is 0.369. The molecule has 1 saturated heterocycles. The van der Waals surface area contributed by atoms with Gasteiger partial charge in [-0.1, -0.05) is 11.8 Å². The van der Waals surface area contributed by atoms with Gasteiger partial charge < -0.3 is 15.5 Å². The SMILES string of the molecule is CC(=O)N1CCN(C(=O)CSc2nnnn2CCN)CC1. The first-order valence-corrected chi connectivity index (χ1v) is 7.72. The van der Waals surface area contributed by atoms with Crippen molar-refractivity contribution in [2.75, 3.05) is 38.5 Å². The van der Waals surface area contributed by atoms with Crippen molar-refractivity contribution in [3.8, 4) is 0 Å². The number of carbonyl (C=O) groups excluding carboxylic acids is 2. The minimum absolute atomic E-state index is 0.0329. The van der Waals surface area contributed by atoms with Crippen LogP contribution in [-0.2, 0) is 16.1 Å². The summed E-state index contributed by atoms with van der Waals surface area (Å²) < 4.78 is 1.59. The second kappa shape index (κ2) is 7.36. The summed E-state index contributed by atoms with van der Waals surface area (Å²) >= 11 is 1.30. The Labute approximate surface area is 126 Å². The Morgan fingerprint density at radius 1 is 1.24 bits per heavy atom. The number of hydrogen-bond acceptors (Lipinski definition) is 7. The Morgan fingerprint density at radius 3 is 2.52 bits per heavy atom. The van der Waals surface area contributed by atoms with E-state index in [0.29, 0.717) is 44.4 Å². The van der Waals surface area contributed by atoms with Crippen LogP contribution in [0.15, 0.2) is 5.16 Å². The van der Waals surface area contributed by atoms with Gasteiger partial charge in [-0.2, -0.15) is 0 Å². The van der Waals surface area contributed by atoms with Crippen molar-refractivity contribution >= 4 is 23.6 Å². The van der Waals surface area contributed by atoms with Crippen molar-refractivity contribution in [2.45, 2.75) is 18.6 Å². The number of nitrogens with zero attached hydrogens (tertiary/aromatic N) is 6. The molecule has 0 unspecified atom stereocenters. The molecular formula is C11H19N7O2S. The van der Waals surface area contributed by atoms with Gasteiger partial charge in [0.05, 0.1) is 12.3 Å². The molecule has 1 aliphatic rings. The highest BCUT2D eigenvalue weighted by Gasteiger charge is 2.22. The van der Waals surface area contributed by atoms with Crippen molar-refractivity contribution < 1.29 is 9.59 Å². The molecule has 0 atom stereocenters. The summed E-state index contributed by atoms with van der Waals surface area (Å²) in [6, 6.07) is 0. The number of amides is 2. The standard InChI is InChI=1S/C11H19N7O2S/c1-9(19)16-4-6-17(7-5-16)10(20)8-21-11-13-14-15-18(11)3-2-12/h2-8,12H2,1H3. The molecule has 0 bridgehead atoms. The van der Waals surface area contributed by atoms with Crippen LogP contribution in [0.4, 0.5) is 0 Å². The van der Waals surface area contributed by atoms with E-state index in [-0.39, 0.29) is 17.6 Å². The Hall–Kier alpha value is -1.68. The van der Waals surface area contributed by atoms with Gasteiger partial charge in [-0.15, -0.1) is 5.10 Å². The van der Waals surface area contributed by atoms with E-state index in [1.54, 1.807) is 21.4 Å². The summed E-state index contributed by atoms with van der Waals surface area (Å²) in [6.45, 7) is 4.86. The second-order valence-corrected chi connectivity index (χ2v) is 5.59. The predicted molar refractivity (Wildman–Crippen MR) is 76.4 cm³/mol. The van der Waals surface area contributed by atoms with Gasteiger partial charge in [-0.05, 0) is 10.4 Å². The summed E-state index contributed by atoms with van der Waals surface area (Å²) in [5, 5.41) is 11.9. The first kappa shape index (κ1) is 15.7. The molecule has 0 aromatic carbocycles. The second-order valence-electron chi connectivity index (χ2n) is 4.65. The molecule has 2 heterocycles. The number of hydrogen-bond donors (Lipinski definition) is 1. The molecular weight excluding hydrogens is 294 g/mol. The molecule has 1 aromatic heterocycles. The van der Waals surface area contributed by atoms with Crippen LogP contribution in [0.2, 0.25) is 0 Å². The third-order valence-electron chi connectivity index (χ3n) is 3.24. The average Bonchev–Trinajstić information content (AvgIpc) is 2.92. The molecule has 0 radical (unpaired) electrons.